The molecular formula is C19H21N3O8S. The van der Waals surface area contributed by atoms with E-state index in [-0.39, 0.29) is 21.9 Å². The fourth-order valence-electron chi connectivity index (χ4n) is 2.27. The summed E-state index contributed by atoms with van der Waals surface area (Å²) in [5, 5.41) is 2.65. The van der Waals surface area contributed by atoms with Gasteiger partial charge in [-0.05, 0) is 30.7 Å². The average Bonchev–Trinajstić information content (AvgIpc) is 2.76. The van der Waals surface area contributed by atoms with Gasteiger partial charge < -0.3 is 19.5 Å². The van der Waals surface area contributed by atoms with E-state index in [1.54, 1.807) is 7.11 Å². The van der Waals surface area contributed by atoms with Crippen molar-refractivity contribution in [3.05, 3.63) is 53.7 Å². The van der Waals surface area contributed by atoms with E-state index in [0.717, 1.165) is 19.4 Å². The summed E-state index contributed by atoms with van der Waals surface area (Å²) in [5.41, 5.74) is 0.0338. The van der Waals surface area contributed by atoms with E-state index >= 15 is 0 Å². The maximum absolute atomic E-state index is 12.6. The first-order valence-corrected chi connectivity index (χ1v) is 10.4. The van der Waals surface area contributed by atoms with Crippen molar-refractivity contribution in [2.45, 2.75) is 11.3 Å². The molecule has 0 aliphatic heterocycles. The van der Waals surface area contributed by atoms with E-state index in [1.165, 1.54) is 30.3 Å². The van der Waals surface area contributed by atoms with Crippen LogP contribution in [-0.4, -0.2) is 58.7 Å². The number of hydrogen-bond donors (Lipinski definition) is 2. The van der Waals surface area contributed by atoms with E-state index in [2.05, 4.69) is 19.8 Å². The van der Waals surface area contributed by atoms with E-state index in [1.807, 2.05) is 4.72 Å². The summed E-state index contributed by atoms with van der Waals surface area (Å²) in [4.78, 5) is 39.0. The minimum Gasteiger partial charge on any atom is -0.437 e. The number of rotatable bonds is 9. The van der Waals surface area contributed by atoms with Crippen molar-refractivity contribution >= 4 is 28.0 Å². The normalized spacial score (nSPS) is 10.8. The summed E-state index contributed by atoms with van der Waals surface area (Å²) in [6.07, 6.45) is 0.649. The Morgan fingerprint density at radius 3 is 2.45 bits per heavy atom. The zero-order chi connectivity index (χ0) is 22.9. The predicted octanol–water partition coefficient (Wildman–Crippen LogP) is 1.11. The van der Waals surface area contributed by atoms with Crippen LogP contribution >= 0.6 is 0 Å². The van der Waals surface area contributed by atoms with Crippen molar-refractivity contribution in [3.63, 3.8) is 0 Å². The molecule has 1 aromatic carbocycles. The van der Waals surface area contributed by atoms with Gasteiger partial charge in [-0.25, -0.2) is 22.9 Å². The highest BCUT2D eigenvalue weighted by Crippen LogP contribution is 2.13. The number of hydrogen-bond acceptors (Lipinski definition) is 9. The molecule has 0 aliphatic rings. The summed E-state index contributed by atoms with van der Waals surface area (Å²) < 4.78 is 40.9. The number of carbonyl (C=O) groups is 3. The molecule has 0 saturated heterocycles. The molecule has 0 aliphatic carbocycles. The Labute approximate surface area is 178 Å². The summed E-state index contributed by atoms with van der Waals surface area (Å²) in [6.45, 7) is 0.842. The second kappa shape index (κ2) is 11.0. The van der Waals surface area contributed by atoms with Gasteiger partial charge >= 0.3 is 6.16 Å². The molecule has 166 valence electrons. The first-order chi connectivity index (χ1) is 14.8. The van der Waals surface area contributed by atoms with Crippen LogP contribution in [0.1, 0.15) is 27.1 Å². The molecule has 0 bridgehead atoms. The molecule has 2 amide bonds. The van der Waals surface area contributed by atoms with Crippen LogP contribution in [0.25, 0.3) is 0 Å². The van der Waals surface area contributed by atoms with E-state index in [0.29, 0.717) is 19.6 Å². The van der Waals surface area contributed by atoms with Crippen LogP contribution in [0.15, 0.2) is 47.5 Å². The number of nitrogens with zero attached hydrogens (tertiary/aromatic N) is 1. The Bertz CT molecular complexity index is 1040. The molecule has 1 heterocycles. The molecule has 0 spiro atoms. The maximum Gasteiger partial charge on any atom is 0.514 e. The number of nitrogens with one attached hydrogen (secondary N) is 2. The third kappa shape index (κ3) is 7.04. The van der Waals surface area contributed by atoms with Gasteiger partial charge in [0.05, 0.1) is 17.6 Å². The van der Waals surface area contributed by atoms with Crippen molar-refractivity contribution < 1.29 is 37.0 Å². The number of ether oxygens (including phenoxy) is 3. The number of aromatic nitrogens is 1. The van der Waals surface area contributed by atoms with Gasteiger partial charge in [-0.3, -0.25) is 9.59 Å². The summed E-state index contributed by atoms with van der Waals surface area (Å²) >= 11 is 0. The number of carbonyl (C=O) groups excluding carboxylic acids is 3. The lowest BCUT2D eigenvalue weighted by molar-refractivity contribution is 0.0946. The third-order valence-electron chi connectivity index (χ3n) is 3.80. The Kier molecular flexibility index (Phi) is 8.46. The van der Waals surface area contributed by atoms with Gasteiger partial charge in [0.1, 0.15) is 0 Å². The number of amides is 2. The fourth-order valence-corrected chi connectivity index (χ4v) is 3.29. The van der Waals surface area contributed by atoms with E-state index in [9.17, 15) is 22.8 Å². The quantitative estimate of drug-likeness (QED) is 0.422. The predicted molar refractivity (Wildman–Crippen MR) is 107 cm³/mol. The van der Waals surface area contributed by atoms with Gasteiger partial charge in [0.15, 0.2) is 0 Å². The SMILES string of the molecule is COCCCNC(=O)c1cccc(S(=O)(=O)NC(=O)c2ccc(OC(=O)OC)nc2)c1. The van der Waals surface area contributed by atoms with Gasteiger partial charge in [-0.2, -0.15) is 0 Å². The Morgan fingerprint density at radius 1 is 1.03 bits per heavy atom. The highest BCUT2D eigenvalue weighted by atomic mass is 32.2. The number of methoxy groups -OCH3 is 2. The second-order valence-corrected chi connectivity index (χ2v) is 7.69. The summed E-state index contributed by atoms with van der Waals surface area (Å²) in [7, 11) is -1.59. The number of pyridine rings is 1. The molecule has 2 aromatic rings. The molecule has 11 nitrogen and oxygen atoms in total. The minimum absolute atomic E-state index is 0.0900. The molecule has 0 radical (unpaired) electrons. The average molecular weight is 451 g/mol. The standard InChI is InChI=1S/C19H21N3O8S/c1-28-10-4-9-20-17(23)13-5-3-6-15(11-13)31(26,27)22-18(24)14-7-8-16(21-12-14)30-19(25)29-2/h3,5-8,11-12H,4,9-10H2,1-2H3,(H,20,23)(H,22,24). The number of benzene rings is 1. The summed E-state index contributed by atoms with van der Waals surface area (Å²) in [5.74, 6) is -1.54. The van der Waals surface area contributed by atoms with Crippen molar-refractivity contribution in [3.8, 4) is 5.88 Å². The van der Waals surface area contributed by atoms with Gasteiger partial charge in [-0.15, -0.1) is 0 Å². The lowest BCUT2D eigenvalue weighted by Gasteiger charge is -2.09. The topological polar surface area (TPSA) is 150 Å². The lowest BCUT2D eigenvalue weighted by Crippen LogP contribution is -2.31. The van der Waals surface area contributed by atoms with Crippen molar-refractivity contribution in [1.29, 1.82) is 0 Å². The monoisotopic (exact) mass is 451 g/mol. The maximum atomic E-state index is 12.6. The molecule has 31 heavy (non-hydrogen) atoms. The van der Waals surface area contributed by atoms with Gasteiger partial charge in [0.25, 0.3) is 21.8 Å². The van der Waals surface area contributed by atoms with Crippen LogP contribution in [0.2, 0.25) is 0 Å². The van der Waals surface area contributed by atoms with Crippen LogP contribution in [0, 0.1) is 0 Å². The Morgan fingerprint density at radius 2 is 1.81 bits per heavy atom. The molecule has 0 atom stereocenters. The third-order valence-corrected chi connectivity index (χ3v) is 5.13. The molecule has 1 aromatic heterocycles. The Hall–Kier alpha value is -3.51. The van der Waals surface area contributed by atoms with E-state index in [4.69, 9.17) is 4.74 Å². The largest absolute Gasteiger partial charge is 0.514 e. The fraction of sp³-hybridized carbons (Fsp3) is 0.263. The Balaban J connectivity index is 2.07. The van der Waals surface area contributed by atoms with Gasteiger partial charge in [0.2, 0.25) is 5.88 Å². The first-order valence-electron chi connectivity index (χ1n) is 8.93. The number of sulfonamides is 1. The smallest absolute Gasteiger partial charge is 0.437 e. The van der Waals surface area contributed by atoms with Crippen molar-refractivity contribution in [2.75, 3.05) is 27.4 Å². The summed E-state index contributed by atoms with van der Waals surface area (Å²) in [6, 6.07) is 7.68. The van der Waals surface area contributed by atoms with Crippen molar-refractivity contribution in [2.24, 2.45) is 0 Å². The highest BCUT2D eigenvalue weighted by molar-refractivity contribution is 7.90. The van der Waals surface area contributed by atoms with Crippen LogP contribution in [-0.2, 0) is 19.5 Å². The highest BCUT2D eigenvalue weighted by Gasteiger charge is 2.20. The lowest BCUT2D eigenvalue weighted by atomic mass is 10.2. The molecule has 0 saturated carbocycles. The zero-order valence-electron chi connectivity index (χ0n) is 16.8. The van der Waals surface area contributed by atoms with E-state index < -0.39 is 28.0 Å². The van der Waals surface area contributed by atoms with Crippen LogP contribution in [0.3, 0.4) is 0 Å². The van der Waals surface area contributed by atoms with Crippen molar-refractivity contribution in [1.82, 2.24) is 15.0 Å². The van der Waals surface area contributed by atoms with Crippen LogP contribution < -0.4 is 14.8 Å². The van der Waals surface area contributed by atoms with Gasteiger partial charge in [-0.1, -0.05) is 6.07 Å². The minimum atomic E-state index is -4.26. The zero-order valence-corrected chi connectivity index (χ0v) is 17.6. The molecule has 0 fully saturated rings. The second-order valence-electron chi connectivity index (χ2n) is 6.01. The van der Waals surface area contributed by atoms with Gasteiger partial charge in [0, 0.05) is 38.1 Å². The molecule has 12 heteroatoms. The van der Waals surface area contributed by atoms with Crippen LogP contribution in [0.5, 0.6) is 5.88 Å². The molecule has 0 unspecified atom stereocenters. The molecule has 2 N–H and O–H groups in total. The first kappa shape index (κ1) is 23.8. The van der Waals surface area contributed by atoms with Crippen LogP contribution in [0.4, 0.5) is 4.79 Å². The molecular weight excluding hydrogens is 430 g/mol. The molecule has 2 rings (SSSR count).